The number of Topliss-reactive ketones (excluding diaryl/α,β-unsaturated/α-hetero) is 1. The summed E-state index contributed by atoms with van der Waals surface area (Å²) in [6.45, 7) is 0. The van der Waals surface area contributed by atoms with Crippen LogP contribution in [0.3, 0.4) is 0 Å². The van der Waals surface area contributed by atoms with Crippen LogP contribution in [0.4, 0.5) is 0 Å². The lowest BCUT2D eigenvalue weighted by Crippen LogP contribution is -2.28. The molecule has 118 valence electrons. The summed E-state index contributed by atoms with van der Waals surface area (Å²) in [5, 5.41) is 1.81. The summed E-state index contributed by atoms with van der Waals surface area (Å²) >= 11 is 4.55. The van der Waals surface area contributed by atoms with Crippen LogP contribution in [0.25, 0.3) is 4.96 Å². The molecule has 9 heteroatoms. The lowest BCUT2D eigenvalue weighted by molar-refractivity contribution is 0.0988. The predicted octanol–water partition coefficient (Wildman–Crippen LogP) is 2.76. The minimum Gasteiger partial charge on any atom is -0.294 e. The van der Waals surface area contributed by atoms with Crippen molar-refractivity contribution < 1.29 is 13.2 Å². The fraction of sp³-hybridized carbons (Fsp3) is 0.143. The molecule has 6 nitrogen and oxygen atoms in total. The molecule has 1 atom stereocenters. The van der Waals surface area contributed by atoms with Gasteiger partial charge in [-0.2, -0.15) is 0 Å². The third kappa shape index (κ3) is 2.35. The number of nitrogens with zero attached hydrogens (tertiary/aromatic N) is 2. The van der Waals surface area contributed by atoms with E-state index in [4.69, 9.17) is 0 Å². The fourth-order valence-corrected chi connectivity index (χ4v) is 6.04. The molecule has 0 aliphatic heterocycles. The number of fused-ring (bicyclic) bond motifs is 2. The number of halogens is 1. The first-order chi connectivity index (χ1) is 11.0. The Morgan fingerprint density at radius 2 is 2.13 bits per heavy atom. The maximum atomic E-state index is 12.8. The molecule has 2 aromatic heterocycles. The molecule has 0 radical (unpaired) electrons. The first kappa shape index (κ1) is 15.0. The van der Waals surface area contributed by atoms with Gasteiger partial charge in [-0.1, -0.05) is 24.3 Å². The van der Waals surface area contributed by atoms with Gasteiger partial charge >= 0.3 is 0 Å². The van der Waals surface area contributed by atoms with Crippen LogP contribution in [0.1, 0.15) is 28.4 Å². The number of carbonyl (C=O) groups excluding carboxylic acids is 1. The highest BCUT2D eigenvalue weighted by Gasteiger charge is 2.34. The Labute approximate surface area is 144 Å². The van der Waals surface area contributed by atoms with Crippen molar-refractivity contribution in [3.05, 3.63) is 51.6 Å². The lowest BCUT2D eigenvalue weighted by atomic mass is 10.1. The second-order valence-corrected chi connectivity index (χ2v) is 8.41. The summed E-state index contributed by atoms with van der Waals surface area (Å²) in [5.41, 5.74) is 1.29. The monoisotopic (exact) mass is 411 g/mol. The summed E-state index contributed by atoms with van der Waals surface area (Å²) in [6.07, 6.45) is 1.78. The molecular weight excluding hydrogens is 402 g/mol. The van der Waals surface area contributed by atoms with Gasteiger partial charge in [0.1, 0.15) is 4.60 Å². The van der Waals surface area contributed by atoms with Crippen LogP contribution < -0.4 is 4.72 Å². The van der Waals surface area contributed by atoms with E-state index in [9.17, 15) is 13.2 Å². The number of sulfonamides is 1. The van der Waals surface area contributed by atoms with Crippen molar-refractivity contribution in [1.82, 2.24) is 14.1 Å². The minimum atomic E-state index is -3.84. The number of nitrogens with one attached hydrogen (secondary N) is 1. The van der Waals surface area contributed by atoms with Gasteiger partial charge in [0.2, 0.25) is 0 Å². The Balaban J connectivity index is 1.76. The van der Waals surface area contributed by atoms with Crippen molar-refractivity contribution in [2.75, 3.05) is 0 Å². The number of carbonyl (C=O) groups is 1. The van der Waals surface area contributed by atoms with Gasteiger partial charge in [0.25, 0.3) is 10.0 Å². The fourth-order valence-electron chi connectivity index (χ4n) is 2.79. The highest BCUT2D eigenvalue weighted by Crippen LogP contribution is 2.33. The second kappa shape index (κ2) is 5.23. The zero-order valence-electron chi connectivity index (χ0n) is 11.6. The van der Waals surface area contributed by atoms with Crippen LogP contribution in [0.2, 0.25) is 0 Å². The molecule has 0 saturated carbocycles. The molecule has 0 saturated heterocycles. The van der Waals surface area contributed by atoms with Crippen molar-refractivity contribution in [2.24, 2.45) is 0 Å². The molecule has 0 fully saturated rings. The Morgan fingerprint density at radius 3 is 2.96 bits per heavy atom. The number of benzene rings is 1. The molecule has 1 aromatic carbocycles. The van der Waals surface area contributed by atoms with E-state index in [1.807, 2.05) is 0 Å². The Kier molecular flexibility index (Phi) is 3.41. The number of imidazole rings is 1. The van der Waals surface area contributed by atoms with E-state index >= 15 is 0 Å². The van der Waals surface area contributed by atoms with Gasteiger partial charge in [-0.25, -0.2) is 18.1 Å². The van der Waals surface area contributed by atoms with Crippen LogP contribution in [0.15, 0.2) is 45.5 Å². The molecule has 1 aliphatic carbocycles. The molecule has 1 aliphatic rings. The average Bonchev–Trinajstić information content (AvgIpc) is 3.13. The summed E-state index contributed by atoms with van der Waals surface area (Å²) in [7, 11) is -3.84. The van der Waals surface area contributed by atoms with E-state index in [2.05, 4.69) is 25.6 Å². The van der Waals surface area contributed by atoms with Crippen LogP contribution in [0, 0.1) is 0 Å². The Bertz CT molecular complexity index is 1040. The Hall–Kier alpha value is -1.55. The molecule has 1 N–H and O–H groups in total. The summed E-state index contributed by atoms with van der Waals surface area (Å²) in [5.74, 6) is -0.0543. The van der Waals surface area contributed by atoms with Crippen molar-refractivity contribution in [2.45, 2.75) is 17.5 Å². The number of aromatic nitrogens is 2. The topological polar surface area (TPSA) is 80.5 Å². The molecule has 3 aromatic rings. The van der Waals surface area contributed by atoms with Gasteiger partial charge in [0, 0.05) is 23.6 Å². The standard InChI is InChI=1S/C14H10BrN3O3S2/c15-12-13(18-5-6-22-14(18)16-12)23(20,21)17-10-7-11(19)9-4-2-1-3-8(9)10/h1-6,10,17H,7H2. The largest absolute Gasteiger partial charge is 0.294 e. The van der Waals surface area contributed by atoms with E-state index in [1.165, 1.54) is 15.7 Å². The number of thiazole rings is 1. The predicted molar refractivity (Wildman–Crippen MR) is 89.2 cm³/mol. The smallest absolute Gasteiger partial charge is 0.259 e. The van der Waals surface area contributed by atoms with Crippen molar-refractivity contribution in [1.29, 1.82) is 0 Å². The third-order valence-electron chi connectivity index (χ3n) is 3.76. The van der Waals surface area contributed by atoms with E-state index < -0.39 is 16.1 Å². The molecule has 23 heavy (non-hydrogen) atoms. The molecule has 1 unspecified atom stereocenters. The first-order valence-electron chi connectivity index (χ1n) is 6.73. The zero-order valence-corrected chi connectivity index (χ0v) is 14.8. The van der Waals surface area contributed by atoms with Gasteiger partial charge < -0.3 is 0 Å². The first-order valence-corrected chi connectivity index (χ1v) is 9.88. The van der Waals surface area contributed by atoms with E-state index in [0.29, 0.717) is 16.1 Å². The van der Waals surface area contributed by atoms with Gasteiger partial charge in [-0.15, -0.1) is 11.3 Å². The van der Waals surface area contributed by atoms with Crippen molar-refractivity contribution >= 4 is 48.0 Å². The highest BCUT2D eigenvalue weighted by atomic mass is 79.9. The molecule has 0 bridgehead atoms. The number of hydrogen-bond donors (Lipinski definition) is 1. The van der Waals surface area contributed by atoms with E-state index in [0.717, 1.165) is 0 Å². The van der Waals surface area contributed by atoms with Crippen LogP contribution in [0.5, 0.6) is 0 Å². The molecule has 4 rings (SSSR count). The molecule has 0 amide bonds. The second-order valence-electron chi connectivity index (χ2n) is 5.15. The minimum absolute atomic E-state index is 0.0468. The molecular formula is C14H10BrN3O3S2. The quantitative estimate of drug-likeness (QED) is 0.718. The number of ketones is 1. The van der Waals surface area contributed by atoms with E-state index in [-0.39, 0.29) is 21.8 Å². The van der Waals surface area contributed by atoms with Crippen LogP contribution >= 0.6 is 27.3 Å². The SMILES string of the molecule is O=C1CC(NS(=O)(=O)c2c(Br)nc3sccn23)c2ccccc21. The molecule has 0 spiro atoms. The number of hydrogen-bond acceptors (Lipinski definition) is 5. The van der Waals surface area contributed by atoms with Gasteiger partial charge in [-0.05, 0) is 21.5 Å². The van der Waals surface area contributed by atoms with Crippen molar-refractivity contribution in [3.8, 4) is 0 Å². The summed E-state index contributed by atoms with van der Waals surface area (Å²) in [4.78, 5) is 16.8. The molecule has 2 heterocycles. The summed E-state index contributed by atoms with van der Waals surface area (Å²) in [6, 6.07) is 6.51. The summed E-state index contributed by atoms with van der Waals surface area (Å²) < 4.78 is 30.0. The van der Waals surface area contributed by atoms with Gasteiger partial charge in [0.05, 0.1) is 6.04 Å². The maximum absolute atomic E-state index is 12.8. The van der Waals surface area contributed by atoms with Crippen molar-refractivity contribution in [3.63, 3.8) is 0 Å². The average molecular weight is 412 g/mol. The Morgan fingerprint density at radius 1 is 1.35 bits per heavy atom. The maximum Gasteiger partial charge on any atom is 0.259 e. The van der Waals surface area contributed by atoms with Gasteiger partial charge in [-0.3, -0.25) is 9.20 Å². The van der Waals surface area contributed by atoms with Crippen LogP contribution in [-0.4, -0.2) is 23.6 Å². The van der Waals surface area contributed by atoms with Gasteiger partial charge in [0.15, 0.2) is 15.8 Å². The normalized spacial score (nSPS) is 17.8. The zero-order chi connectivity index (χ0) is 16.2. The van der Waals surface area contributed by atoms with Crippen LogP contribution in [-0.2, 0) is 10.0 Å². The highest BCUT2D eigenvalue weighted by molar-refractivity contribution is 9.10. The third-order valence-corrected chi connectivity index (χ3v) is 6.82. The van der Waals surface area contributed by atoms with E-state index in [1.54, 1.807) is 35.8 Å². The lowest BCUT2D eigenvalue weighted by Gasteiger charge is -2.13. The number of rotatable bonds is 3.